The largest absolute Gasteiger partial charge is 0.496 e. The second-order valence-electron chi connectivity index (χ2n) is 4.65. The maximum absolute atomic E-state index is 10.7. The van der Waals surface area contributed by atoms with E-state index in [0.717, 1.165) is 11.3 Å². The minimum absolute atomic E-state index is 0.658. The average molecular weight is 280 g/mol. The van der Waals surface area contributed by atoms with E-state index in [9.17, 15) is 5.11 Å². The molecule has 0 fully saturated rings. The Bertz CT molecular complexity index is 722. The van der Waals surface area contributed by atoms with Crippen LogP contribution < -0.4 is 4.74 Å². The Kier molecular flexibility index (Phi) is 3.71. The third-order valence-electron chi connectivity index (χ3n) is 3.39. The van der Waals surface area contributed by atoms with Crippen molar-refractivity contribution in [2.24, 2.45) is 0 Å². The van der Waals surface area contributed by atoms with Crippen LogP contribution >= 0.6 is 0 Å². The summed E-state index contributed by atoms with van der Waals surface area (Å²) in [6.07, 6.45) is 0.880. The van der Waals surface area contributed by atoms with Crippen molar-refractivity contribution < 1.29 is 9.84 Å². The van der Waals surface area contributed by atoms with Gasteiger partial charge in [0.25, 0.3) is 0 Å². The van der Waals surface area contributed by atoms with Gasteiger partial charge in [-0.2, -0.15) is 5.10 Å². The predicted octanol–water partition coefficient (Wildman–Crippen LogP) is 2.96. The summed E-state index contributed by atoms with van der Waals surface area (Å²) in [5, 5.41) is 15.0. The maximum Gasteiger partial charge on any atom is 0.125 e. The fourth-order valence-electron chi connectivity index (χ4n) is 2.36. The monoisotopic (exact) mass is 280 g/mol. The number of aliphatic hydroxyl groups excluding tert-OH is 1. The molecule has 0 amide bonds. The van der Waals surface area contributed by atoms with Gasteiger partial charge in [0.1, 0.15) is 11.9 Å². The number of para-hydroxylation sites is 2. The highest BCUT2D eigenvalue weighted by Crippen LogP contribution is 2.30. The summed E-state index contributed by atoms with van der Waals surface area (Å²) in [4.78, 5) is 0. The molecule has 1 N–H and O–H groups in total. The van der Waals surface area contributed by atoms with Crippen LogP contribution in [-0.4, -0.2) is 22.0 Å². The van der Waals surface area contributed by atoms with E-state index in [1.165, 1.54) is 0 Å². The number of methoxy groups -OCH3 is 1. The van der Waals surface area contributed by atoms with Crippen LogP contribution in [0.2, 0.25) is 0 Å². The quantitative estimate of drug-likeness (QED) is 0.799. The highest BCUT2D eigenvalue weighted by atomic mass is 16.5. The first-order valence-electron chi connectivity index (χ1n) is 6.71. The zero-order valence-electron chi connectivity index (χ0n) is 11.7. The van der Waals surface area contributed by atoms with E-state index in [2.05, 4.69) is 5.10 Å². The SMILES string of the molecule is COc1ccccc1C(O)c1ccnn1-c1ccccc1. The van der Waals surface area contributed by atoms with E-state index in [4.69, 9.17) is 4.74 Å². The second-order valence-corrected chi connectivity index (χ2v) is 4.65. The van der Waals surface area contributed by atoms with Gasteiger partial charge in [-0.15, -0.1) is 0 Å². The molecular formula is C17H16N2O2. The Balaban J connectivity index is 2.04. The van der Waals surface area contributed by atoms with Gasteiger partial charge < -0.3 is 9.84 Å². The summed E-state index contributed by atoms with van der Waals surface area (Å²) in [7, 11) is 1.60. The number of nitrogens with zero attached hydrogens (tertiary/aromatic N) is 2. The molecule has 21 heavy (non-hydrogen) atoms. The number of rotatable bonds is 4. The zero-order chi connectivity index (χ0) is 14.7. The smallest absolute Gasteiger partial charge is 0.125 e. The lowest BCUT2D eigenvalue weighted by molar-refractivity contribution is 0.206. The fourth-order valence-corrected chi connectivity index (χ4v) is 2.36. The molecule has 0 saturated carbocycles. The Labute approximate surface area is 123 Å². The molecule has 1 unspecified atom stereocenters. The molecular weight excluding hydrogens is 264 g/mol. The third kappa shape index (κ3) is 2.53. The second kappa shape index (κ2) is 5.81. The van der Waals surface area contributed by atoms with Gasteiger partial charge in [0.05, 0.1) is 18.5 Å². The Morgan fingerprint density at radius 1 is 1.00 bits per heavy atom. The molecule has 0 aliphatic rings. The van der Waals surface area contributed by atoms with Crippen molar-refractivity contribution >= 4 is 0 Å². The minimum Gasteiger partial charge on any atom is -0.496 e. The molecule has 2 aromatic carbocycles. The fraction of sp³-hybridized carbons (Fsp3) is 0.118. The lowest BCUT2D eigenvalue weighted by atomic mass is 10.1. The van der Waals surface area contributed by atoms with Crippen molar-refractivity contribution in [3.8, 4) is 11.4 Å². The summed E-state index contributed by atoms with van der Waals surface area (Å²) in [5.41, 5.74) is 2.33. The molecule has 0 saturated heterocycles. The number of hydrogen-bond donors (Lipinski definition) is 1. The first-order chi connectivity index (χ1) is 10.3. The van der Waals surface area contributed by atoms with Gasteiger partial charge >= 0.3 is 0 Å². The number of benzene rings is 2. The standard InChI is InChI=1S/C17H16N2O2/c1-21-16-10-6-5-9-14(16)17(20)15-11-12-18-19(15)13-7-3-2-4-8-13/h2-12,17,20H,1H3. The van der Waals surface area contributed by atoms with Crippen LogP contribution in [0, 0.1) is 0 Å². The number of aromatic nitrogens is 2. The Hall–Kier alpha value is -2.59. The molecule has 4 nitrogen and oxygen atoms in total. The van der Waals surface area contributed by atoms with E-state index < -0.39 is 6.10 Å². The Morgan fingerprint density at radius 2 is 1.71 bits per heavy atom. The number of aliphatic hydroxyl groups is 1. The molecule has 0 aliphatic carbocycles. The van der Waals surface area contributed by atoms with Crippen molar-refractivity contribution in [2.75, 3.05) is 7.11 Å². The molecule has 0 spiro atoms. The molecule has 106 valence electrons. The number of hydrogen-bond acceptors (Lipinski definition) is 3. The molecule has 3 aromatic rings. The van der Waals surface area contributed by atoms with Crippen LogP contribution in [0.4, 0.5) is 0 Å². The van der Waals surface area contributed by atoms with Crippen LogP contribution in [0.15, 0.2) is 66.9 Å². The summed E-state index contributed by atoms with van der Waals surface area (Å²) >= 11 is 0. The van der Waals surface area contributed by atoms with E-state index in [1.807, 2.05) is 60.7 Å². The van der Waals surface area contributed by atoms with E-state index in [0.29, 0.717) is 11.4 Å². The maximum atomic E-state index is 10.7. The normalized spacial score (nSPS) is 12.1. The average Bonchev–Trinajstić information content (AvgIpc) is 3.04. The topological polar surface area (TPSA) is 47.3 Å². The van der Waals surface area contributed by atoms with Crippen molar-refractivity contribution in [1.82, 2.24) is 9.78 Å². The summed E-state index contributed by atoms with van der Waals surface area (Å²) in [5.74, 6) is 0.658. The van der Waals surface area contributed by atoms with Crippen LogP contribution in [-0.2, 0) is 0 Å². The van der Waals surface area contributed by atoms with Gasteiger partial charge in [-0.1, -0.05) is 36.4 Å². The van der Waals surface area contributed by atoms with Crippen molar-refractivity contribution in [3.63, 3.8) is 0 Å². The third-order valence-corrected chi connectivity index (χ3v) is 3.39. The van der Waals surface area contributed by atoms with Crippen molar-refractivity contribution in [3.05, 3.63) is 78.1 Å². The van der Waals surface area contributed by atoms with Gasteiger partial charge in [0.2, 0.25) is 0 Å². The molecule has 1 heterocycles. The molecule has 1 aromatic heterocycles. The molecule has 0 radical (unpaired) electrons. The summed E-state index contributed by atoms with van der Waals surface area (Å²) < 4.78 is 7.05. The van der Waals surface area contributed by atoms with Gasteiger partial charge in [0.15, 0.2) is 0 Å². The van der Waals surface area contributed by atoms with Gasteiger partial charge in [-0.25, -0.2) is 4.68 Å². The van der Waals surface area contributed by atoms with Crippen LogP contribution in [0.3, 0.4) is 0 Å². The first kappa shape index (κ1) is 13.4. The summed E-state index contributed by atoms with van der Waals surface area (Å²) in [6, 6.07) is 19.0. The molecule has 3 rings (SSSR count). The van der Waals surface area contributed by atoms with Gasteiger partial charge in [0, 0.05) is 11.8 Å². The summed E-state index contributed by atoms with van der Waals surface area (Å²) in [6.45, 7) is 0. The van der Waals surface area contributed by atoms with E-state index in [1.54, 1.807) is 18.0 Å². The van der Waals surface area contributed by atoms with Crippen LogP contribution in [0.1, 0.15) is 17.4 Å². The highest BCUT2D eigenvalue weighted by Gasteiger charge is 2.19. The first-order valence-corrected chi connectivity index (χ1v) is 6.71. The van der Waals surface area contributed by atoms with E-state index >= 15 is 0 Å². The van der Waals surface area contributed by atoms with Crippen LogP contribution in [0.5, 0.6) is 5.75 Å². The predicted molar refractivity (Wildman–Crippen MR) is 80.6 cm³/mol. The van der Waals surface area contributed by atoms with E-state index in [-0.39, 0.29) is 0 Å². The zero-order valence-corrected chi connectivity index (χ0v) is 11.7. The lowest BCUT2D eigenvalue weighted by Crippen LogP contribution is -2.09. The molecule has 0 bridgehead atoms. The molecule has 1 atom stereocenters. The van der Waals surface area contributed by atoms with Gasteiger partial charge in [-0.05, 0) is 24.3 Å². The van der Waals surface area contributed by atoms with Gasteiger partial charge in [-0.3, -0.25) is 0 Å². The minimum atomic E-state index is -0.802. The molecule has 4 heteroatoms. The Morgan fingerprint density at radius 3 is 2.48 bits per heavy atom. The van der Waals surface area contributed by atoms with Crippen molar-refractivity contribution in [2.45, 2.75) is 6.10 Å². The highest BCUT2D eigenvalue weighted by molar-refractivity contribution is 5.41. The van der Waals surface area contributed by atoms with Crippen molar-refractivity contribution in [1.29, 1.82) is 0 Å². The molecule has 0 aliphatic heterocycles. The van der Waals surface area contributed by atoms with Crippen LogP contribution in [0.25, 0.3) is 5.69 Å². The lowest BCUT2D eigenvalue weighted by Gasteiger charge is -2.16. The number of ether oxygens (including phenoxy) is 1.